The van der Waals surface area contributed by atoms with Crippen LogP contribution in [0.15, 0.2) is 18.2 Å². The summed E-state index contributed by atoms with van der Waals surface area (Å²) in [6, 6.07) is 6.13. The average Bonchev–Trinajstić information content (AvgIpc) is 2.21. The van der Waals surface area contributed by atoms with Crippen LogP contribution < -0.4 is 10.1 Å². The van der Waals surface area contributed by atoms with E-state index >= 15 is 0 Å². The van der Waals surface area contributed by atoms with Gasteiger partial charge in [0.05, 0.1) is 6.10 Å². The van der Waals surface area contributed by atoms with Gasteiger partial charge in [0.2, 0.25) is 0 Å². The molecule has 0 saturated heterocycles. The molecule has 0 aliphatic carbocycles. The Balaban J connectivity index is 2.32. The summed E-state index contributed by atoms with van der Waals surface area (Å²) < 4.78 is 5.71. The molecule has 0 amide bonds. The Morgan fingerprint density at radius 2 is 1.94 bits per heavy atom. The molecule has 2 N–H and O–H groups in total. The topological polar surface area (TPSA) is 41.5 Å². The standard InChI is InChI=1S/C13H21NO2/c1-10-5-4-6-11(2)13(10)16-8-7-14-9-12(3)15/h4-6,12,14-15H,7-9H2,1-3H3. The number of aliphatic hydroxyl groups excluding tert-OH is 1. The summed E-state index contributed by atoms with van der Waals surface area (Å²) in [6.07, 6.45) is -0.305. The number of para-hydroxylation sites is 1. The Hall–Kier alpha value is -1.06. The van der Waals surface area contributed by atoms with Crippen molar-refractivity contribution >= 4 is 0 Å². The maximum absolute atomic E-state index is 9.05. The second-order valence-electron chi connectivity index (χ2n) is 4.12. The predicted molar refractivity (Wildman–Crippen MR) is 66.0 cm³/mol. The summed E-state index contributed by atoms with van der Waals surface area (Å²) in [7, 11) is 0. The monoisotopic (exact) mass is 223 g/mol. The number of ether oxygens (including phenoxy) is 1. The maximum atomic E-state index is 9.05. The third-order valence-corrected chi connectivity index (χ3v) is 2.37. The molecule has 0 radical (unpaired) electrons. The molecule has 0 heterocycles. The number of nitrogens with one attached hydrogen (secondary N) is 1. The van der Waals surface area contributed by atoms with Crippen LogP contribution in [0, 0.1) is 13.8 Å². The van der Waals surface area contributed by atoms with Crippen molar-refractivity contribution < 1.29 is 9.84 Å². The number of rotatable bonds is 6. The largest absolute Gasteiger partial charge is 0.492 e. The van der Waals surface area contributed by atoms with Crippen LogP contribution in [-0.4, -0.2) is 30.9 Å². The summed E-state index contributed by atoms with van der Waals surface area (Å²) in [5, 5.41) is 12.2. The zero-order valence-electron chi connectivity index (χ0n) is 10.3. The van der Waals surface area contributed by atoms with Crippen LogP contribution in [-0.2, 0) is 0 Å². The van der Waals surface area contributed by atoms with Crippen LogP contribution in [0.25, 0.3) is 0 Å². The highest BCUT2D eigenvalue weighted by molar-refractivity contribution is 5.39. The SMILES string of the molecule is Cc1cccc(C)c1OCCNCC(C)O. The first-order valence-corrected chi connectivity index (χ1v) is 5.69. The normalized spacial score (nSPS) is 12.5. The molecular weight excluding hydrogens is 202 g/mol. The molecule has 16 heavy (non-hydrogen) atoms. The second-order valence-corrected chi connectivity index (χ2v) is 4.12. The molecule has 0 fully saturated rings. The van der Waals surface area contributed by atoms with Crippen LogP contribution in [0.1, 0.15) is 18.1 Å². The van der Waals surface area contributed by atoms with E-state index in [1.807, 2.05) is 32.0 Å². The lowest BCUT2D eigenvalue weighted by Crippen LogP contribution is -2.28. The van der Waals surface area contributed by atoms with E-state index in [0.717, 1.165) is 23.4 Å². The van der Waals surface area contributed by atoms with Gasteiger partial charge in [-0.3, -0.25) is 0 Å². The molecule has 0 aromatic heterocycles. The minimum atomic E-state index is -0.305. The van der Waals surface area contributed by atoms with E-state index in [0.29, 0.717) is 13.2 Å². The quantitative estimate of drug-likeness (QED) is 0.721. The number of aliphatic hydroxyl groups is 1. The van der Waals surface area contributed by atoms with E-state index in [4.69, 9.17) is 9.84 Å². The highest BCUT2D eigenvalue weighted by atomic mass is 16.5. The summed E-state index contributed by atoms with van der Waals surface area (Å²) in [5.41, 5.74) is 2.33. The van der Waals surface area contributed by atoms with Gasteiger partial charge in [0.15, 0.2) is 0 Å². The van der Waals surface area contributed by atoms with E-state index < -0.39 is 0 Å². The van der Waals surface area contributed by atoms with Crippen LogP contribution in [0.3, 0.4) is 0 Å². The second kappa shape index (κ2) is 6.51. The molecule has 0 aliphatic heterocycles. The molecule has 1 aromatic rings. The van der Waals surface area contributed by atoms with Gasteiger partial charge >= 0.3 is 0 Å². The van der Waals surface area contributed by atoms with Crippen molar-refractivity contribution in [2.75, 3.05) is 19.7 Å². The molecule has 3 nitrogen and oxygen atoms in total. The molecule has 90 valence electrons. The summed E-state index contributed by atoms with van der Waals surface area (Å²) >= 11 is 0. The van der Waals surface area contributed by atoms with Gasteiger partial charge in [0, 0.05) is 13.1 Å². The van der Waals surface area contributed by atoms with Gasteiger partial charge in [-0.25, -0.2) is 0 Å². The fourth-order valence-electron chi connectivity index (χ4n) is 1.56. The lowest BCUT2D eigenvalue weighted by atomic mass is 10.1. The van der Waals surface area contributed by atoms with E-state index in [1.165, 1.54) is 0 Å². The Kier molecular flexibility index (Phi) is 5.29. The number of hydrogen-bond acceptors (Lipinski definition) is 3. The first-order valence-electron chi connectivity index (χ1n) is 5.69. The van der Waals surface area contributed by atoms with Crippen molar-refractivity contribution in [3.8, 4) is 5.75 Å². The van der Waals surface area contributed by atoms with Crippen molar-refractivity contribution in [1.82, 2.24) is 5.32 Å². The molecular formula is C13H21NO2. The predicted octanol–water partition coefficient (Wildman–Crippen LogP) is 1.65. The number of benzene rings is 1. The Bertz CT molecular complexity index is 303. The highest BCUT2D eigenvalue weighted by Gasteiger charge is 2.02. The van der Waals surface area contributed by atoms with Gasteiger partial charge in [0.25, 0.3) is 0 Å². The fourth-order valence-corrected chi connectivity index (χ4v) is 1.56. The summed E-state index contributed by atoms with van der Waals surface area (Å²) in [6.45, 7) is 7.84. The molecule has 0 aliphatic rings. The zero-order valence-corrected chi connectivity index (χ0v) is 10.3. The molecule has 1 atom stereocenters. The van der Waals surface area contributed by atoms with Crippen molar-refractivity contribution in [3.05, 3.63) is 29.3 Å². The minimum absolute atomic E-state index is 0.305. The first-order chi connectivity index (χ1) is 7.61. The van der Waals surface area contributed by atoms with Crippen LogP contribution >= 0.6 is 0 Å². The van der Waals surface area contributed by atoms with Crippen molar-refractivity contribution in [1.29, 1.82) is 0 Å². The third-order valence-electron chi connectivity index (χ3n) is 2.37. The highest BCUT2D eigenvalue weighted by Crippen LogP contribution is 2.21. The van der Waals surface area contributed by atoms with E-state index in [2.05, 4.69) is 5.32 Å². The van der Waals surface area contributed by atoms with E-state index in [9.17, 15) is 0 Å². The van der Waals surface area contributed by atoms with E-state index in [-0.39, 0.29) is 6.10 Å². The van der Waals surface area contributed by atoms with Crippen molar-refractivity contribution in [3.63, 3.8) is 0 Å². The van der Waals surface area contributed by atoms with Gasteiger partial charge in [-0.2, -0.15) is 0 Å². The Labute approximate surface area is 97.4 Å². The van der Waals surface area contributed by atoms with Crippen LogP contribution in [0.2, 0.25) is 0 Å². The molecule has 0 saturated carbocycles. The lowest BCUT2D eigenvalue weighted by molar-refractivity contribution is 0.188. The molecule has 3 heteroatoms. The molecule has 1 aromatic carbocycles. The zero-order chi connectivity index (χ0) is 12.0. The Morgan fingerprint density at radius 1 is 1.31 bits per heavy atom. The van der Waals surface area contributed by atoms with Crippen molar-refractivity contribution in [2.45, 2.75) is 26.9 Å². The first kappa shape index (κ1) is 13.0. The summed E-state index contributed by atoms with van der Waals surface area (Å²) in [5.74, 6) is 0.973. The Morgan fingerprint density at radius 3 is 2.50 bits per heavy atom. The average molecular weight is 223 g/mol. The molecule has 0 spiro atoms. The van der Waals surface area contributed by atoms with Crippen LogP contribution in [0.5, 0.6) is 5.75 Å². The van der Waals surface area contributed by atoms with E-state index in [1.54, 1.807) is 6.92 Å². The number of hydrogen-bond donors (Lipinski definition) is 2. The number of aryl methyl sites for hydroxylation is 2. The maximum Gasteiger partial charge on any atom is 0.125 e. The van der Waals surface area contributed by atoms with Gasteiger partial charge in [0.1, 0.15) is 12.4 Å². The molecule has 1 rings (SSSR count). The van der Waals surface area contributed by atoms with Gasteiger partial charge < -0.3 is 15.2 Å². The van der Waals surface area contributed by atoms with Crippen molar-refractivity contribution in [2.24, 2.45) is 0 Å². The smallest absolute Gasteiger partial charge is 0.125 e. The van der Waals surface area contributed by atoms with Gasteiger partial charge in [-0.15, -0.1) is 0 Å². The molecule has 0 bridgehead atoms. The molecule has 1 unspecified atom stereocenters. The lowest BCUT2D eigenvalue weighted by Gasteiger charge is -2.12. The fraction of sp³-hybridized carbons (Fsp3) is 0.538. The minimum Gasteiger partial charge on any atom is -0.492 e. The third kappa shape index (κ3) is 4.21. The van der Waals surface area contributed by atoms with Gasteiger partial charge in [-0.05, 0) is 31.9 Å². The van der Waals surface area contributed by atoms with Crippen LogP contribution in [0.4, 0.5) is 0 Å². The summed E-state index contributed by atoms with van der Waals surface area (Å²) in [4.78, 5) is 0. The van der Waals surface area contributed by atoms with Gasteiger partial charge in [-0.1, -0.05) is 18.2 Å².